The zero-order valence-corrected chi connectivity index (χ0v) is 8.25. The van der Waals surface area contributed by atoms with Gasteiger partial charge in [0.25, 0.3) is 5.69 Å². The molecule has 0 aromatic heterocycles. The minimum Gasteiger partial charge on any atom is -0.410 e. The lowest BCUT2D eigenvalue weighted by Crippen LogP contribution is -2.17. The second-order valence-electron chi connectivity index (χ2n) is 2.94. The summed E-state index contributed by atoms with van der Waals surface area (Å²) in [6, 6.07) is 3.70. The molecule has 16 heavy (non-hydrogen) atoms. The van der Waals surface area contributed by atoms with Gasteiger partial charge < -0.3 is 15.6 Å². The van der Waals surface area contributed by atoms with Gasteiger partial charge in [-0.2, -0.15) is 0 Å². The van der Waals surface area contributed by atoms with Crippen molar-refractivity contribution in [3.05, 3.63) is 33.9 Å². The number of nitrogens with zero attached hydrogens (tertiary/aromatic N) is 1. The molecule has 1 amide bonds. The molecule has 0 spiro atoms. The van der Waals surface area contributed by atoms with E-state index in [2.05, 4.69) is 4.74 Å². The smallest absolute Gasteiger partial charge is 0.409 e. The number of non-ortho nitro benzene ring substituents is 1. The average Bonchev–Trinajstić information content (AvgIpc) is 2.20. The van der Waals surface area contributed by atoms with Gasteiger partial charge in [0, 0.05) is 24.3 Å². The van der Waals surface area contributed by atoms with Gasteiger partial charge in [0.2, 0.25) is 0 Å². The summed E-state index contributed by atoms with van der Waals surface area (Å²) >= 11 is 0. The number of benzene rings is 1. The summed E-state index contributed by atoms with van der Waals surface area (Å²) in [4.78, 5) is 20.5. The van der Waals surface area contributed by atoms with Crippen molar-refractivity contribution < 1.29 is 19.6 Å². The van der Waals surface area contributed by atoms with E-state index in [9.17, 15) is 14.9 Å². The molecule has 1 aromatic carbocycles. The van der Waals surface area contributed by atoms with Crippen molar-refractivity contribution in [1.29, 1.82) is 0 Å². The molecule has 7 nitrogen and oxygen atoms in total. The van der Waals surface area contributed by atoms with Gasteiger partial charge >= 0.3 is 6.09 Å². The Labute approximate surface area is 90.6 Å². The molecule has 0 aliphatic heterocycles. The molecule has 1 rings (SSSR count). The molecular weight excluding hydrogens is 216 g/mol. The minimum absolute atomic E-state index is 0.118. The summed E-state index contributed by atoms with van der Waals surface area (Å²) in [5.74, 6) is 0.118. The first kappa shape index (κ1) is 11.9. The van der Waals surface area contributed by atoms with Gasteiger partial charge in [-0.25, -0.2) is 4.79 Å². The van der Waals surface area contributed by atoms with Crippen LogP contribution in [-0.2, 0) is 6.42 Å². The lowest BCUT2D eigenvalue weighted by Gasteiger charge is -2.06. The predicted molar refractivity (Wildman–Crippen MR) is 54.1 cm³/mol. The lowest BCUT2D eigenvalue weighted by molar-refractivity contribution is -0.384. The standard InChI is InChI=1S/C9H10N2O5/c10-9(13)16-8-2-1-7(11(14)15)5-6(8)3-4-12/h1-2,5,12H,3-4H2,(H2,10,13). The van der Waals surface area contributed by atoms with Crippen molar-refractivity contribution in [1.82, 2.24) is 0 Å². The molecule has 0 atom stereocenters. The number of primary amides is 1. The van der Waals surface area contributed by atoms with Crippen LogP contribution in [-0.4, -0.2) is 22.7 Å². The number of carbonyl (C=O) groups is 1. The lowest BCUT2D eigenvalue weighted by atomic mass is 10.1. The fourth-order valence-electron chi connectivity index (χ4n) is 1.20. The molecule has 0 radical (unpaired) electrons. The van der Waals surface area contributed by atoms with E-state index in [-0.39, 0.29) is 24.5 Å². The highest BCUT2D eigenvalue weighted by molar-refractivity contribution is 5.69. The maximum Gasteiger partial charge on any atom is 0.409 e. The van der Waals surface area contributed by atoms with Gasteiger partial charge in [-0.1, -0.05) is 0 Å². The molecule has 3 N–H and O–H groups in total. The van der Waals surface area contributed by atoms with Crippen molar-refractivity contribution >= 4 is 11.8 Å². The molecule has 7 heteroatoms. The van der Waals surface area contributed by atoms with E-state index in [4.69, 9.17) is 10.8 Å². The number of carbonyl (C=O) groups excluding carboxylic acids is 1. The Kier molecular flexibility index (Phi) is 3.78. The van der Waals surface area contributed by atoms with E-state index < -0.39 is 11.0 Å². The summed E-state index contributed by atoms with van der Waals surface area (Å²) < 4.78 is 4.64. The second-order valence-corrected chi connectivity index (χ2v) is 2.94. The summed E-state index contributed by atoms with van der Waals surface area (Å²) in [6.07, 6.45) is -0.863. The number of nitrogens with two attached hydrogens (primary N) is 1. The second kappa shape index (κ2) is 5.08. The molecule has 0 heterocycles. The topological polar surface area (TPSA) is 116 Å². The number of aliphatic hydroxyl groups is 1. The minimum atomic E-state index is -1.01. The largest absolute Gasteiger partial charge is 0.410 e. The van der Waals surface area contributed by atoms with Crippen molar-refractivity contribution in [2.45, 2.75) is 6.42 Å². The van der Waals surface area contributed by atoms with Crippen molar-refractivity contribution in [2.75, 3.05) is 6.61 Å². The van der Waals surface area contributed by atoms with Crippen LogP contribution in [0.15, 0.2) is 18.2 Å². The number of aliphatic hydroxyl groups excluding tert-OH is 1. The first-order valence-electron chi connectivity index (χ1n) is 4.40. The zero-order chi connectivity index (χ0) is 12.1. The van der Waals surface area contributed by atoms with E-state index in [1.165, 1.54) is 18.2 Å². The van der Waals surface area contributed by atoms with E-state index in [0.717, 1.165) is 0 Å². The van der Waals surface area contributed by atoms with Gasteiger partial charge in [-0.3, -0.25) is 10.1 Å². The van der Waals surface area contributed by atoms with Crippen LogP contribution in [0, 0.1) is 10.1 Å². The number of ether oxygens (including phenoxy) is 1. The number of hydrogen-bond donors (Lipinski definition) is 2. The average molecular weight is 226 g/mol. The van der Waals surface area contributed by atoms with Gasteiger partial charge in [0.1, 0.15) is 5.75 Å². The van der Waals surface area contributed by atoms with Crippen LogP contribution in [0.3, 0.4) is 0 Å². The predicted octanol–water partition coefficient (Wildman–Crippen LogP) is 0.587. The maximum absolute atomic E-state index is 10.5. The molecule has 0 saturated carbocycles. The molecule has 0 bridgehead atoms. The van der Waals surface area contributed by atoms with E-state index in [0.29, 0.717) is 5.56 Å². The third-order valence-electron chi connectivity index (χ3n) is 1.85. The van der Waals surface area contributed by atoms with Crippen LogP contribution in [0.4, 0.5) is 10.5 Å². The molecule has 0 aliphatic rings. The number of hydrogen-bond acceptors (Lipinski definition) is 5. The first-order chi connectivity index (χ1) is 7.54. The Bertz CT molecular complexity index is 418. The Balaban J connectivity index is 3.08. The van der Waals surface area contributed by atoms with Gasteiger partial charge in [-0.05, 0) is 12.5 Å². The molecular formula is C9H10N2O5. The van der Waals surface area contributed by atoms with E-state index in [1.807, 2.05) is 0 Å². The molecule has 86 valence electrons. The van der Waals surface area contributed by atoms with Crippen molar-refractivity contribution in [3.8, 4) is 5.75 Å². The highest BCUT2D eigenvalue weighted by atomic mass is 16.6. The van der Waals surface area contributed by atoms with Crippen LogP contribution in [0.5, 0.6) is 5.75 Å². The van der Waals surface area contributed by atoms with Gasteiger partial charge in [-0.15, -0.1) is 0 Å². The first-order valence-corrected chi connectivity index (χ1v) is 4.40. The zero-order valence-electron chi connectivity index (χ0n) is 8.25. The summed E-state index contributed by atoms with van der Waals surface area (Å²) in [6.45, 7) is -0.212. The third kappa shape index (κ3) is 2.92. The fraction of sp³-hybridized carbons (Fsp3) is 0.222. The third-order valence-corrected chi connectivity index (χ3v) is 1.85. The van der Waals surface area contributed by atoms with E-state index >= 15 is 0 Å². The fourth-order valence-corrected chi connectivity index (χ4v) is 1.20. The van der Waals surface area contributed by atoms with Crippen molar-refractivity contribution in [2.24, 2.45) is 5.73 Å². The highest BCUT2D eigenvalue weighted by Gasteiger charge is 2.12. The summed E-state index contributed by atoms with van der Waals surface area (Å²) in [5, 5.41) is 19.3. The maximum atomic E-state index is 10.5. The van der Waals surface area contributed by atoms with Crippen LogP contribution in [0.25, 0.3) is 0 Å². The van der Waals surface area contributed by atoms with Crippen LogP contribution < -0.4 is 10.5 Å². The monoisotopic (exact) mass is 226 g/mol. The highest BCUT2D eigenvalue weighted by Crippen LogP contribution is 2.24. The summed E-state index contributed by atoms with van der Waals surface area (Å²) in [5.41, 5.74) is 5.05. The number of amides is 1. The van der Waals surface area contributed by atoms with Crippen LogP contribution >= 0.6 is 0 Å². The summed E-state index contributed by atoms with van der Waals surface area (Å²) in [7, 11) is 0. The van der Waals surface area contributed by atoms with Crippen LogP contribution in [0.2, 0.25) is 0 Å². The molecule has 0 unspecified atom stereocenters. The molecule has 0 aliphatic carbocycles. The van der Waals surface area contributed by atoms with Crippen molar-refractivity contribution in [3.63, 3.8) is 0 Å². The number of nitro groups is 1. The van der Waals surface area contributed by atoms with E-state index in [1.54, 1.807) is 0 Å². The Morgan fingerprint density at radius 2 is 2.25 bits per heavy atom. The molecule has 0 saturated heterocycles. The molecule has 0 fully saturated rings. The van der Waals surface area contributed by atoms with Gasteiger partial charge in [0.05, 0.1) is 4.92 Å². The van der Waals surface area contributed by atoms with Gasteiger partial charge in [0.15, 0.2) is 0 Å². The SMILES string of the molecule is NC(=O)Oc1ccc([N+](=O)[O-])cc1CCO. The Morgan fingerprint density at radius 1 is 1.56 bits per heavy atom. The normalized spacial score (nSPS) is 9.81. The molecule has 1 aromatic rings. The number of nitro benzene ring substituents is 1. The quantitative estimate of drug-likeness (QED) is 0.575. The Morgan fingerprint density at radius 3 is 2.75 bits per heavy atom. The Hall–Kier alpha value is -2.15. The van der Waals surface area contributed by atoms with Crippen LogP contribution in [0.1, 0.15) is 5.56 Å². The number of rotatable bonds is 4.